The minimum Gasteiger partial charge on any atom is -0.480 e. The molecule has 1 atom stereocenters. The summed E-state index contributed by atoms with van der Waals surface area (Å²) in [4.78, 5) is 2.17. The first-order chi connectivity index (χ1) is 19.2. The molecule has 2 aliphatic heterocycles. The number of anilines is 1. The van der Waals surface area contributed by atoms with E-state index >= 15 is 0 Å². The van der Waals surface area contributed by atoms with E-state index in [1.54, 1.807) is 0 Å². The van der Waals surface area contributed by atoms with E-state index < -0.39 is 5.60 Å². The van der Waals surface area contributed by atoms with Gasteiger partial charge in [-0.05, 0) is 66.9 Å². The average molecular weight is 569 g/mol. The highest BCUT2D eigenvalue weighted by molar-refractivity contribution is 6.32. The molecule has 4 rings (SSSR count). The molecule has 1 N–H and O–H groups in total. The summed E-state index contributed by atoms with van der Waals surface area (Å²) in [5.74, 6) is 0.236. The molecule has 7 heteroatoms. The Morgan fingerprint density at radius 2 is 1.76 bits per heavy atom. The fourth-order valence-corrected chi connectivity index (χ4v) is 6.59. The SMILES string of the molecule is CC1(C)OC(=C(C#N)C#N)C(C#N)=C1C1=C(Cl)/C(=C/C=C2/N(CCO)c3ccccc3C2(C)C)CC(C(C)(C)C)C1. The van der Waals surface area contributed by atoms with E-state index in [1.165, 1.54) is 5.56 Å². The predicted molar refractivity (Wildman–Crippen MR) is 161 cm³/mol. The zero-order chi connectivity index (χ0) is 30.3. The molecule has 41 heavy (non-hydrogen) atoms. The highest BCUT2D eigenvalue weighted by Gasteiger charge is 2.45. The minimum absolute atomic E-state index is 0.0186. The molecule has 1 aromatic carbocycles. The van der Waals surface area contributed by atoms with Crippen LogP contribution in [-0.2, 0) is 10.2 Å². The minimum atomic E-state index is -0.953. The molecule has 212 valence electrons. The van der Waals surface area contributed by atoms with Crippen molar-refractivity contribution in [2.24, 2.45) is 11.3 Å². The van der Waals surface area contributed by atoms with Gasteiger partial charge in [-0.25, -0.2) is 0 Å². The van der Waals surface area contributed by atoms with Gasteiger partial charge in [0.25, 0.3) is 0 Å². The molecule has 1 aromatic rings. The summed E-state index contributed by atoms with van der Waals surface area (Å²) in [6.07, 6.45) is 5.58. The van der Waals surface area contributed by atoms with Gasteiger partial charge in [0.2, 0.25) is 0 Å². The fraction of sp³-hybridized carbons (Fsp3) is 0.441. The van der Waals surface area contributed by atoms with Gasteiger partial charge in [-0.1, -0.05) is 70.5 Å². The number of ether oxygens (including phenoxy) is 1. The number of allylic oxidation sites excluding steroid dienone is 7. The monoisotopic (exact) mass is 568 g/mol. The molecule has 0 spiro atoms. The van der Waals surface area contributed by atoms with Crippen LogP contribution in [0.15, 0.2) is 80.8 Å². The quantitative estimate of drug-likeness (QED) is 0.378. The summed E-state index contributed by atoms with van der Waals surface area (Å²) in [5, 5.41) is 39.7. The Bertz CT molecular complexity index is 1540. The number of hydrogen-bond donors (Lipinski definition) is 1. The van der Waals surface area contributed by atoms with Crippen LogP contribution in [0.25, 0.3) is 0 Å². The zero-order valence-corrected chi connectivity index (χ0v) is 25.6. The van der Waals surface area contributed by atoms with Gasteiger partial charge in [0.15, 0.2) is 11.3 Å². The number of aliphatic hydroxyl groups is 1. The number of nitrogens with zero attached hydrogens (tertiary/aromatic N) is 4. The van der Waals surface area contributed by atoms with Crippen LogP contribution in [0.3, 0.4) is 0 Å². The fourth-order valence-electron chi connectivity index (χ4n) is 6.28. The smallest absolute Gasteiger partial charge is 0.172 e. The number of aliphatic hydroxyl groups excluding tert-OH is 1. The van der Waals surface area contributed by atoms with Gasteiger partial charge in [-0.15, -0.1) is 0 Å². The van der Waals surface area contributed by atoms with E-state index in [0.717, 1.165) is 29.0 Å². The molecule has 0 aromatic heterocycles. The van der Waals surface area contributed by atoms with E-state index in [9.17, 15) is 20.9 Å². The summed E-state index contributed by atoms with van der Waals surface area (Å²) < 4.78 is 6.10. The van der Waals surface area contributed by atoms with Crippen LogP contribution in [0.1, 0.15) is 66.9 Å². The molecule has 0 saturated heterocycles. The van der Waals surface area contributed by atoms with Crippen molar-refractivity contribution in [2.75, 3.05) is 18.1 Å². The number of rotatable bonds is 4. The third-order valence-corrected chi connectivity index (χ3v) is 9.03. The van der Waals surface area contributed by atoms with Crippen molar-refractivity contribution in [3.63, 3.8) is 0 Å². The third kappa shape index (κ3) is 5.22. The van der Waals surface area contributed by atoms with Gasteiger partial charge >= 0.3 is 0 Å². The van der Waals surface area contributed by atoms with Gasteiger partial charge in [-0.2, -0.15) is 15.8 Å². The van der Waals surface area contributed by atoms with Crippen molar-refractivity contribution < 1.29 is 9.84 Å². The zero-order valence-electron chi connectivity index (χ0n) is 24.9. The van der Waals surface area contributed by atoms with E-state index in [1.807, 2.05) is 38.1 Å². The van der Waals surface area contributed by atoms with Crippen molar-refractivity contribution in [1.82, 2.24) is 0 Å². The second-order valence-electron chi connectivity index (χ2n) is 12.9. The summed E-state index contributed by atoms with van der Waals surface area (Å²) in [6, 6.07) is 14.2. The molecule has 0 fully saturated rings. The second kappa shape index (κ2) is 10.9. The molecule has 0 amide bonds. The highest BCUT2D eigenvalue weighted by atomic mass is 35.5. The van der Waals surface area contributed by atoms with Crippen LogP contribution in [0.5, 0.6) is 0 Å². The Labute approximate surface area is 248 Å². The maximum atomic E-state index is 10.2. The Balaban J connectivity index is 1.94. The highest BCUT2D eigenvalue weighted by Crippen LogP contribution is 2.53. The van der Waals surface area contributed by atoms with Crippen LogP contribution in [0.2, 0.25) is 0 Å². The number of benzene rings is 1. The molecule has 6 nitrogen and oxygen atoms in total. The maximum absolute atomic E-state index is 10.2. The normalized spacial score (nSPS) is 23.3. The van der Waals surface area contributed by atoms with Crippen molar-refractivity contribution in [3.8, 4) is 18.2 Å². The second-order valence-corrected chi connectivity index (χ2v) is 13.3. The standard InChI is InChI=1S/C34H37ClN4O2/c1-32(2,3)23-16-21(12-13-28-33(4,5)26-10-8-9-11-27(26)39(28)14-15-40)30(35)24(17-23)29-25(20-38)31(22(18-36)19-37)41-34(29,6)7/h8-13,23,40H,14-17H2,1-7H3/b21-12+,28-13+. The van der Waals surface area contributed by atoms with Crippen molar-refractivity contribution in [3.05, 3.63) is 86.3 Å². The Morgan fingerprint density at radius 1 is 1.10 bits per heavy atom. The van der Waals surface area contributed by atoms with Crippen LogP contribution in [0, 0.1) is 45.3 Å². The summed E-state index contributed by atoms with van der Waals surface area (Å²) in [7, 11) is 0. The lowest BCUT2D eigenvalue weighted by Gasteiger charge is -2.38. The average Bonchev–Trinajstić information content (AvgIpc) is 3.30. The molecule has 0 radical (unpaired) electrons. The maximum Gasteiger partial charge on any atom is 0.172 e. The number of nitriles is 3. The van der Waals surface area contributed by atoms with Crippen molar-refractivity contribution in [2.45, 2.75) is 72.3 Å². The van der Waals surface area contributed by atoms with Gasteiger partial charge in [0, 0.05) is 33.9 Å². The molecular formula is C34H37ClN4O2. The molecule has 0 bridgehead atoms. The van der Waals surface area contributed by atoms with Gasteiger partial charge < -0.3 is 14.7 Å². The number of β-amino-alcohol motifs (C(OH)–C–C–N with tert-alkyl or cyclic N) is 1. The van der Waals surface area contributed by atoms with E-state index in [2.05, 4.69) is 69.9 Å². The van der Waals surface area contributed by atoms with Gasteiger partial charge in [-0.3, -0.25) is 0 Å². The lowest BCUT2D eigenvalue weighted by Crippen LogP contribution is -2.30. The van der Waals surface area contributed by atoms with Crippen LogP contribution < -0.4 is 4.90 Å². The summed E-state index contributed by atoms with van der Waals surface area (Å²) in [6.45, 7) is 15.2. The molecular weight excluding hydrogens is 532 g/mol. The Kier molecular flexibility index (Phi) is 8.03. The first kappa shape index (κ1) is 30.2. The Morgan fingerprint density at radius 3 is 2.34 bits per heavy atom. The Hall–Kier alpha value is -3.76. The molecule has 0 saturated carbocycles. The number of para-hydroxylation sites is 1. The molecule has 1 unspecified atom stereocenters. The third-order valence-electron chi connectivity index (χ3n) is 8.55. The van der Waals surface area contributed by atoms with Crippen LogP contribution in [0.4, 0.5) is 5.69 Å². The van der Waals surface area contributed by atoms with Crippen LogP contribution in [-0.4, -0.2) is 23.9 Å². The molecule has 2 heterocycles. The number of halogens is 1. The van der Waals surface area contributed by atoms with Crippen molar-refractivity contribution in [1.29, 1.82) is 15.8 Å². The lowest BCUT2D eigenvalue weighted by atomic mass is 9.68. The lowest BCUT2D eigenvalue weighted by molar-refractivity contribution is 0.0930. The number of fused-ring (bicyclic) bond motifs is 1. The van der Waals surface area contributed by atoms with Crippen molar-refractivity contribution >= 4 is 17.3 Å². The predicted octanol–water partition coefficient (Wildman–Crippen LogP) is 7.47. The van der Waals surface area contributed by atoms with E-state index in [4.69, 9.17) is 16.3 Å². The van der Waals surface area contributed by atoms with Crippen LogP contribution >= 0.6 is 11.6 Å². The largest absolute Gasteiger partial charge is 0.480 e. The molecule has 1 aliphatic carbocycles. The summed E-state index contributed by atoms with van der Waals surface area (Å²) >= 11 is 7.22. The van der Waals surface area contributed by atoms with Gasteiger partial charge in [0.05, 0.1) is 6.61 Å². The topological polar surface area (TPSA) is 104 Å². The van der Waals surface area contributed by atoms with E-state index in [-0.39, 0.29) is 40.3 Å². The number of hydrogen-bond acceptors (Lipinski definition) is 6. The van der Waals surface area contributed by atoms with E-state index in [0.29, 0.717) is 23.6 Å². The first-order valence-electron chi connectivity index (χ1n) is 13.9. The summed E-state index contributed by atoms with van der Waals surface area (Å²) in [5.41, 5.74) is 4.45. The first-order valence-corrected chi connectivity index (χ1v) is 14.3. The molecule has 3 aliphatic rings. The van der Waals surface area contributed by atoms with Gasteiger partial charge in [0.1, 0.15) is 29.4 Å².